The standard InChI is InChI=1S/C32H35N3O4/c1-5-37-27-20-23(16-17-26(27)39-19-18-21(3)4)30-28(31(36)38-6-2)29(22-12-8-7-9-13-22)34-32-33-24-14-10-11-15-25(24)35(30)32/h7-17,20-21,30H,5-6,18-19H2,1-4H3,(H,33,34)/t30-/m1/s1. The summed E-state index contributed by atoms with van der Waals surface area (Å²) >= 11 is 0. The van der Waals surface area contributed by atoms with E-state index < -0.39 is 6.04 Å². The van der Waals surface area contributed by atoms with Gasteiger partial charge in [-0.25, -0.2) is 9.78 Å². The van der Waals surface area contributed by atoms with E-state index >= 15 is 0 Å². The van der Waals surface area contributed by atoms with Crippen LogP contribution in [-0.2, 0) is 9.53 Å². The number of ether oxygens (including phenoxy) is 3. The van der Waals surface area contributed by atoms with Gasteiger partial charge in [0, 0.05) is 0 Å². The molecule has 202 valence electrons. The molecule has 1 atom stereocenters. The van der Waals surface area contributed by atoms with Crippen LogP contribution in [0.3, 0.4) is 0 Å². The van der Waals surface area contributed by atoms with Crippen LogP contribution in [0.15, 0.2) is 78.4 Å². The third-order valence-electron chi connectivity index (χ3n) is 6.73. The molecule has 7 heteroatoms. The van der Waals surface area contributed by atoms with Crippen molar-refractivity contribution in [1.29, 1.82) is 0 Å². The lowest BCUT2D eigenvalue weighted by atomic mass is 9.92. The maximum atomic E-state index is 13.7. The first-order valence-corrected chi connectivity index (χ1v) is 13.6. The average molecular weight is 526 g/mol. The van der Waals surface area contributed by atoms with Crippen molar-refractivity contribution in [3.8, 4) is 11.5 Å². The molecule has 0 spiro atoms. The van der Waals surface area contributed by atoms with Crippen LogP contribution >= 0.6 is 0 Å². The summed E-state index contributed by atoms with van der Waals surface area (Å²) in [5, 5.41) is 3.46. The Labute approximate surface area is 229 Å². The largest absolute Gasteiger partial charge is 0.490 e. The molecule has 1 aliphatic heterocycles. The number of carbonyl (C=O) groups excluding carboxylic acids is 1. The minimum absolute atomic E-state index is 0.265. The van der Waals surface area contributed by atoms with Gasteiger partial charge in [-0.05, 0) is 61.6 Å². The fourth-order valence-corrected chi connectivity index (χ4v) is 4.90. The first kappa shape index (κ1) is 26.4. The van der Waals surface area contributed by atoms with Crippen molar-refractivity contribution < 1.29 is 19.0 Å². The minimum atomic E-state index is -0.508. The van der Waals surface area contributed by atoms with E-state index in [1.54, 1.807) is 0 Å². The number of anilines is 1. The lowest BCUT2D eigenvalue weighted by Gasteiger charge is -2.31. The highest BCUT2D eigenvalue weighted by atomic mass is 16.5. The molecular formula is C32H35N3O4. The Kier molecular flexibility index (Phi) is 7.87. The van der Waals surface area contributed by atoms with Crippen molar-refractivity contribution in [3.05, 3.63) is 89.5 Å². The number of nitrogens with one attached hydrogen (secondary N) is 1. The fourth-order valence-electron chi connectivity index (χ4n) is 4.90. The number of hydrogen-bond acceptors (Lipinski definition) is 6. The molecule has 0 fully saturated rings. The zero-order chi connectivity index (χ0) is 27.4. The topological polar surface area (TPSA) is 74.6 Å². The van der Waals surface area contributed by atoms with Crippen LogP contribution < -0.4 is 14.8 Å². The zero-order valence-electron chi connectivity index (χ0n) is 22.9. The number of benzene rings is 3. The summed E-state index contributed by atoms with van der Waals surface area (Å²) in [5.74, 6) is 2.15. The highest BCUT2D eigenvalue weighted by Gasteiger charge is 2.37. The highest BCUT2D eigenvalue weighted by Crippen LogP contribution is 2.44. The third kappa shape index (κ3) is 5.35. The van der Waals surface area contributed by atoms with E-state index in [1.165, 1.54) is 0 Å². The summed E-state index contributed by atoms with van der Waals surface area (Å²) in [6.45, 7) is 9.48. The Bertz CT molecular complexity index is 1490. The number of fused-ring (bicyclic) bond motifs is 3. The van der Waals surface area contributed by atoms with Crippen LogP contribution in [-0.4, -0.2) is 35.3 Å². The number of rotatable bonds is 10. The van der Waals surface area contributed by atoms with Gasteiger partial charge in [-0.15, -0.1) is 0 Å². The molecule has 0 radical (unpaired) electrons. The average Bonchev–Trinajstić information content (AvgIpc) is 3.32. The van der Waals surface area contributed by atoms with E-state index in [0.717, 1.165) is 28.6 Å². The van der Waals surface area contributed by atoms with Crippen molar-refractivity contribution in [1.82, 2.24) is 9.55 Å². The first-order chi connectivity index (χ1) is 19.0. The van der Waals surface area contributed by atoms with E-state index in [1.807, 2.05) is 86.6 Å². The number of esters is 1. The van der Waals surface area contributed by atoms with Gasteiger partial charge in [0.25, 0.3) is 0 Å². The van der Waals surface area contributed by atoms with Gasteiger partial charge >= 0.3 is 5.97 Å². The monoisotopic (exact) mass is 525 g/mol. The first-order valence-electron chi connectivity index (χ1n) is 13.6. The molecule has 5 rings (SSSR count). The molecule has 0 saturated carbocycles. The minimum Gasteiger partial charge on any atom is -0.490 e. The number of nitrogens with zero attached hydrogens (tertiary/aromatic N) is 2. The van der Waals surface area contributed by atoms with Crippen LogP contribution in [0.1, 0.15) is 51.3 Å². The van der Waals surface area contributed by atoms with Gasteiger partial charge in [0.15, 0.2) is 11.5 Å². The van der Waals surface area contributed by atoms with Crippen molar-refractivity contribution in [3.63, 3.8) is 0 Å². The molecule has 7 nitrogen and oxygen atoms in total. The Balaban J connectivity index is 1.72. The van der Waals surface area contributed by atoms with Gasteiger partial charge in [-0.3, -0.25) is 4.57 Å². The molecule has 3 aromatic carbocycles. The van der Waals surface area contributed by atoms with Gasteiger partial charge in [0.1, 0.15) is 0 Å². The van der Waals surface area contributed by atoms with Gasteiger partial charge in [-0.2, -0.15) is 0 Å². The molecule has 4 aromatic rings. The molecule has 2 heterocycles. The summed E-state index contributed by atoms with van der Waals surface area (Å²) in [4.78, 5) is 18.6. The molecule has 1 N–H and O–H groups in total. The summed E-state index contributed by atoms with van der Waals surface area (Å²) in [6.07, 6.45) is 0.947. The van der Waals surface area contributed by atoms with Crippen LogP contribution in [0.25, 0.3) is 16.7 Å². The predicted octanol–water partition coefficient (Wildman–Crippen LogP) is 6.85. The molecule has 0 bridgehead atoms. The van der Waals surface area contributed by atoms with Gasteiger partial charge in [0.2, 0.25) is 5.95 Å². The van der Waals surface area contributed by atoms with Crippen molar-refractivity contribution in [2.75, 3.05) is 25.1 Å². The number of hydrogen-bond donors (Lipinski definition) is 1. The zero-order valence-corrected chi connectivity index (χ0v) is 22.9. The summed E-state index contributed by atoms with van der Waals surface area (Å²) in [7, 11) is 0. The van der Waals surface area contributed by atoms with Crippen molar-refractivity contribution in [2.24, 2.45) is 5.92 Å². The molecule has 39 heavy (non-hydrogen) atoms. The molecule has 0 amide bonds. The Hall–Kier alpha value is -4.26. The number of para-hydroxylation sites is 2. The Morgan fingerprint density at radius 1 is 0.949 bits per heavy atom. The van der Waals surface area contributed by atoms with E-state index in [-0.39, 0.29) is 12.6 Å². The van der Waals surface area contributed by atoms with E-state index in [4.69, 9.17) is 19.2 Å². The quantitative estimate of drug-likeness (QED) is 0.228. The number of carbonyl (C=O) groups is 1. The highest BCUT2D eigenvalue weighted by molar-refractivity contribution is 6.03. The molecule has 1 aliphatic rings. The maximum absolute atomic E-state index is 13.7. The summed E-state index contributed by atoms with van der Waals surface area (Å²) in [6, 6.07) is 23.2. The molecule has 1 aromatic heterocycles. The van der Waals surface area contributed by atoms with Crippen LogP contribution in [0.5, 0.6) is 11.5 Å². The van der Waals surface area contributed by atoms with E-state index in [0.29, 0.717) is 47.8 Å². The van der Waals surface area contributed by atoms with Gasteiger partial charge in [-0.1, -0.05) is 62.4 Å². The number of imidazole rings is 1. The SMILES string of the molecule is CCOC(=O)C1=C(c2ccccc2)Nc2nc3ccccc3n2[C@@H]1c1ccc(OCCC(C)C)c(OCC)c1. The molecular weight excluding hydrogens is 490 g/mol. The third-order valence-corrected chi connectivity index (χ3v) is 6.73. The predicted molar refractivity (Wildman–Crippen MR) is 154 cm³/mol. The van der Waals surface area contributed by atoms with Gasteiger partial charge in [0.05, 0.1) is 48.2 Å². The van der Waals surface area contributed by atoms with Crippen LogP contribution in [0.4, 0.5) is 5.95 Å². The summed E-state index contributed by atoms with van der Waals surface area (Å²) < 4.78 is 19.9. The van der Waals surface area contributed by atoms with E-state index in [2.05, 4.69) is 23.7 Å². The maximum Gasteiger partial charge on any atom is 0.338 e. The smallest absolute Gasteiger partial charge is 0.338 e. The Morgan fingerprint density at radius 2 is 1.72 bits per heavy atom. The van der Waals surface area contributed by atoms with Crippen molar-refractivity contribution >= 4 is 28.6 Å². The van der Waals surface area contributed by atoms with Crippen LogP contribution in [0.2, 0.25) is 0 Å². The van der Waals surface area contributed by atoms with Crippen molar-refractivity contribution in [2.45, 2.75) is 40.2 Å². The van der Waals surface area contributed by atoms with Crippen LogP contribution in [0, 0.1) is 5.92 Å². The lowest BCUT2D eigenvalue weighted by molar-refractivity contribution is -0.138. The second-order valence-electron chi connectivity index (χ2n) is 9.87. The second kappa shape index (κ2) is 11.6. The Morgan fingerprint density at radius 3 is 2.46 bits per heavy atom. The molecule has 0 unspecified atom stereocenters. The fraction of sp³-hybridized carbons (Fsp3) is 0.312. The van der Waals surface area contributed by atoms with Gasteiger partial charge < -0.3 is 19.5 Å². The normalized spacial score (nSPS) is 14.7. The van der Waals surface area contributed by atoms with E-state index in [9.17, 15) is 4.79 Å². The lowest BCUT2D eigenvalue weighted by Crippen LogP contribution is -2.29. The number of aromatic nitrogens is 2. The molecule has 0 aliphatic carbocycles. The molecule has 0 saturated heterocycles. The second-order valence-corrected chi connectivity index (χ2v) is 9.87. The summed E-state index contributed by atoms with van der Waals surface area (Å²) in [5.41, 5.74) is 4.68.